The molecule has 0 amide bonds. The van der Waals surface area contributed by atoms with Gasteiger partial charge in [-0.05, 0) is 18.6 Å². The first-order valence-electron chi connectivity index (χ1n) is 4.59. The fourth-order valence-corrected chi connectivity index (χ4v) is 1.28. The van der Waals surface area contributed by atoms with Crippen molar-refractivity contribution >= 4 is 11.5 Å². The Morgan fingerprint density at radius 1 is 1.47 bits per heavy atom. The molecule has 1 aromatic heterocycles. The second kappa shape index (κ2) is 4.57. The van der Waals surface area contributed by atoms with Crippen LogP contribution in [0.25, 0.3) is 5.57 Å². The summed E-state index contributed by atoms with van der Waals surface area (Å²) >= 11 is 0. The number of pyridine rings is 1. The smallest absolute Gasteiger partial charge is 0.417 e. The average molecular weight is 245 g/mol. The summed E-state index contributed by atoms with van der Waals surface area (Å²) in [6, 6.07) is 1.43. The van der Waals surface area contributed by atoms with Crippen LogP contribution >= 0.6 is 0 Å². The fraction of sp³-hybridized carbons (Fsp3) is 0.273. The Labute approximate surface area is 95.9 Å². The molecule has 0 radical (unpaired) electrons. The molecule has 92 valence electrons. The molecular weight excluding hydrogens is 235 g/mol. The number of esters is 1. The zero-order chi connectivity index (χ0) is 13.2. The highest BCUT2D eigenvalue weighted by Gasteiger charge is 2.36. The molecule has 17 heavy (non-hydrogen) atoms. The Bertz CT molecular complexity index is 466. The van der Waals surface area contributed by atoms with Crippen LogP contribution in [0, 0.1) is 6.92 Å². The summed E-state index contributed by atoms with van der Waals surface area (Å²) in [5, 5.41) is 0. The number of halogens is 3. The molecule has 0 fully saturated rings. The van der Waals surface area contributed by atoms with E-state index in [0.29, 0.717) is 5.56 Å². The number of alkyl halides is 3. The van der Waals surface area contributed by atoms with E-state index >= 15 is 0 Å². The number of methoxy groups -OCH3 is 1. The SMILES string of the molecule is C=C(c1nccc(C)c1C(=O)OC)C(F)(F)F. The van der Waals surface area contributed by atoms with Crippen molar-refractivity contribution in [3.8, 4) is 0 Å². The fourth-order valence-electron chi connectivity index (χ4n) is 1.28. The molecule has 0 bridgehead atoms. The predicted molar refractivity (Wildman–Crippen MR) is 55.4 cm³/mol. The van der Waals surface area contributed by atoms with Gasteiger partial charge in [0.05, 0.1) is 23.9 Å². The molecule has 6 heteroatoms. The number of nitrogens with zero attached hydrogens (tertiary/aromatic N) is 1. The van der Waals surface area contributed by atoms with Crippen LogP contribution in [0.3, 0.4) is 0 Å². The van der Waals surface area contributed by atoms with Crippen molar-refractivity contribution < 1.29 is 22.7 Å². The van der Waals surface area contributed by atoms with Crippen molar-refractivity contribution in [2.75, 3.05) is 7.11 Å². The zero-order valence-corrected chi connectivity index (χ0v) is 9.26. The summed E-state index contributed by atoms with van der Waals surface area (Å²) < 4.78 is 42.0. The third-order valence-electron chi connectivity index (χ3n) is 2.18. The summed E-state index contributed by atoms with van der Waals surface area (Å²) in [7, 11) is 1.09. The first kappa shape index (κ1) is 13.2. The Balaban J connectivity index is 3.40. The van der Waals surface area contributed by atoms with Crippen LogP contribution in [-0.4, -0.2) is 24.2 Å². The number of aryl methyl sites for hydroxylation is 1. The Morgan fingerprint density at radius 3 is 2.53 bits per heavy atom. The number of hydrogen-bond acceptors (Lipinski definition) is 3. The molecule has 0 N–H and O–H groups in total. The van der Waals surface area contributed by atoms with E-state index in [0.717, 1.165) is 7.11 Å². The summed E-state index contributed by atoms with van der Waals surface area (Å²) in [6.07, 6.45) is -3.45. The molecular formula is C11H10F3NO2. The van der Waals surface area contributed by atoms with Crippen LogP contribution in [0.4, 0.5) is 13.2 Å². The van der Waals surface area contributed by atoms with E-state index in [1.165, 1.54) is 19.2 Å². The molecule has 1 heterocycles. The van der Waals surface area contributed by atoms with E-state index < -0.39 is 23.4 Å². The van der Waals surface area contributed by atoms with E-state index in [-0.39, 0.29) is 5.56 Å². The molecule has 1 rings (SSSR count). The van der Waals surface area contributed by atoms with Gasteiger partial charge < -0.3 is 4.74 Å². The van der Waals surface area contributed by atoms with Crippen molar-refractivity contribution in [3.05, 3.63) is 35.7 Å². The van der Waals surface area contributed by atoms with E-state index in [1.807, 2.05) is 0 Å². The zero-order valence-electron chi connectivity index (χ0n) is 9.26. The average Bonchev–Trinajstić information content (AvgIpc) is 2.25. The van der Waals surface area contributed by atoms with Crippen LogP contribution < -0.4 is 0 Å². The number of hydrogen-bond donors (Lipinski definition) is 0. The lowest BCUT2D eigenvalue weighted by molar-refractivity contribution is -0.0689. The lowest BCUT2D eigenvalue weighted by Gasteiger charge is -2.13. The molecule has 0 aromatic carbocycles. The maximum absolute atomic E-state index is 12.5. The van der Waals surface area contributed by atoms with E-state index in [4.69, 9.17) is 0 Å². The van der Waals surface area contributed by atoms with Crippen molar-refractivity contribution in [1.29, 1.82) is 0 Å². The van der Waals surface area contributed by atoms with Crippen LogP contribution in [-0.2, 0) is 4.74 Å². The normalized spacial score (nSPS) is 11.1. The highest BCUT2D eigenvalue weighted by atomic mass is 19.4. The van der Waals surface area contributed by atoms with E-state index in [9.17, 15) is 18.0 Å². The number of ether oxygens (including phenoxy) is 1. The van der Waals surface area contributed by atoms with Crippen LogP contribution in [0.1, 0.15) is 21.6 Å². The molecule has 0 aliphatic rings. The monoisotopic (exact) mass is 245 g/mol. The number of aromatic nitrogens is 1. The quantitative estimate of drug-likeness (QED) is 0.752. The van der Waals surface area contributed by atoms with E-state index in [2.05, 4.69) is 16.3 Å². The summed E-state index contributed by atoms with van der Waals surface area (Å²) in [6.45, 7) is 4.42. The number of carbonyl (C=O) groups excluding carboxylic acids is 1. The molecule has 0 spiro atoms. The first-order chi connectivity index (χ1) is 7.79. The molecule has 0 aliphatic carbocycles. The van der Waals surface area contributed by atoms with Gasteiger partial charge in [-0.1, -0.05) is 6.58 Å². The number of rotatable bonds is 2. The van der Waals surface area contributed by atoms with Crippen molar-refractivity contribution in [3.63, 3.8) is 0 Å². The molecule has 0 saturated carbocycles. The largest absolute Gasteiger partial charge is 0.465 e. The van der Waals surface area contributed by atoms with Gasteiger partial charge in [-0.2, -0.15) is 13.2 Å². The highest BCUT2D eigenvalue weighted by Crippen LogP contribution is 2.33. The Hall–Kier alpha value is -1.85. The second-order valence-corrected chi connectivity index (χ2v) is 3.32. The van der Waals surface area contributed by atoms with Gasteiger partial charge in [-0.15, -0.1) is 0 Å². The second-order valence-electron chi connectivity index (χ2n) is 3.32. The van der Waals surface area contributed by atoms with Gasteiger partial charge in [0.15, 0.2) is 0 Å². The van der Waals surface area contributed by atoms with E-state index in [1.54, 1.807) is 0 Å². The van der Waals surface area contributed by atoms with Crippen LogP contribution in [0.5, 0.6) is 0 Å². The summed E-state index contributed by atoms with van der Waals surface area (Å²) in [4.78, 5) is 15.0. The first-order valence-corrected chi connectivity index (χ1v) is 4.59. The molecule has 0 unspecified atom stereocenters. The summed E-state index contributed by atoms with van der Waals surface area (Å²) in [5.74, 6) is -0.865. The van der Waals surface area contributed by atoms with Crippen molar-refractivity contribution in [1.82, 2.24) is 4.98 Å². The van der Waals surface area contributed by atoms with Crippen LogP contribution in [0.15, 0.2) is 18.8 Å². The maximum Gasteiger partial charge on any atom is 0.417 e. The standard InChI is InChI=1S/C11H10F3NO2/c1-6-4-5-15-9(7(2)11(12,13)14)8(6)10(16)17-3/h4-5H,2H2,1,3H3. The minimum atomic E-state index is -4.64. The van der Waals surface area contributed by atoms with Gasteiger partial charge in [0.2, 0.25) is 0 Å². The topological polar surface area (TPSA) is 39.2 Å². The van der Waals surface area contributed by atoms with Gasteiger partial charge in [0.1, 0.15) is 0 Å². The minimum absolute atomic E-state index is 0.211. The Morgan fingerprint density at radius 2 is 2.06 bits per heavy atom. The maximum atomic E-state index is 12.5. The lowest BCUT2D eigenvalue weighted by atomic mass is 10.0. The highest BCUT2D eigenvalue weighted by molar-refractivity contribution is 5.96. The van der Waals surface area contributed by atoms with Crippen LogP contribution in [0.2, 0.25) is 0 Å². The van der Waals surface area contributed by atoms with Gasteiger partial charge in [0.25, 0.3) is 0 Å². The van der Waals surface area contributed by atoms with Gasteiger partial charge in [-0.3, -0.25) is 4.98 Å². The molecule has 1 aromatic rings. The third kappa shape index (κ3) is 2.64. The van der Waals surface area contributed by atoms with Gasteiger partial charge >= 0.3 is 12.1 Å². The molecule has 0 aliphatic heterocycles. The third-order valence-corrected chi connectivity index (χ3v) is 2.18. The molecule has 3 nitrogen and oxygen atoms in total. The summed E-state index contributed by atoms with van der Waals surface area (Å²) in [5.41, 5.74) is -1.52. The van der Waals surface area contributed by atoms with Gasteiger partial charge in [-0.25, -0.2) is 4.79 Å². The number of allylic oxidation sites excluding steroid dienone is 1. The molecule has 0 saturated heterocycles. The predicted octanol–water partition coefficient (Wildman–Crippen LogP) is 2.75. The minimum Gasteiger partial charge on any atom is -0.465 e. The van der Waals surface area contributed by atoms with Crippen molar-refractivity contribution in [2.24, 2.45) is 0 Å². The molecule has 0 atom stereocenters. The number of carbonyl (C=O) groups is 1. The van der Waals surface area contributed by atoms with Crippen molar-refractivity contribution in [2.45, 2.75) is 13.1 Å². The van der Waals surface area contributed by atoms with Gasteiger partial charge in [0, 0.05) is 6.20 Å². The Kier molecular flexibility index (Phi) is 3.55. The lowest BCUT2D eigenvalue weighted by Crippen LogP contribution is -2.16.